The van der Waals surface area contributed by atoms with Crippen LogP contribution in [-0.4, -0.2) is 51.1 Å². The van der Waals surface area contributed by atoms with E-state index in [1.807, 2.05) is 52.0 Å². The first-order valence-corrected chi connectivity index (χ1v) is 9.99. The second kappa shape index (κ2) is 9.07. The third-order valence-corrected chi connectivity index (χ3v) is 4.84. The Morgan fingerprint density at radius 3 is 2.79 bits per heavy atom. The number of nitrogens with zero attached hydrogens (tertiary/aromatic N) is 3. The normalized spacial score (nSPS) is 18.9. The maximum atomic E-state index is 12.9. The molecule has 0 spiro atoms. The first-order valence-electron chi connectivity index (χ1n) is 9.99. The van der Waals surface area contributed by atoms with Crippen molar-refractivity contribution in [2.45, 2.75) is 52.6 Å². The van der Waals surface area contributed by atoms with Crippen LogP contribution in [0, 0.1) is 19.8 Å². The molecule has 8 nitrogen and oxygen atoms in total. The van der Waals surface area contributed by atoms with Gasteiger partial charge in [0.1, 0.15) is 11.6 Å². The lowest BCUT2D eigenvalue weighted by Gasteiger charge is -2.22. The lowest BCUT2D eigenvalue weighted by atomic mass is 10.1. The van der Waals surface area contributed by atoms with Crippen LogP contribution in [0.25, 0.3) is 0 Å². The number of benzene rings is 1. The van der Waals surface area contributed by atoms with Crippen LogP contribution >= 0.6 is 0 Å². The molecular weight excluding hydrogens is 370 g/mol. The van der Waals surface area contributed by atoms with Crippen LogP contribution < -0.4 is 10.1 Å². The summed E-state index contributed by atoms with van der Waals surface area (Å²) in [7, 11) is 0. The Morgan fingerprint density at radius 2 is 2.14 bits per heavy atom. The minimum Gasteiger partial charge on any atom is -0.484 e. The average molecular weight is 399 g/mol. The summed E-state index contributed by atoms with van der Waals surface area (Å²) in [6.07, 6.45) is 1.04. The molecule has 2 heterocycles. The monoisotopic (exact) mass is 399 g/mol. The number of aromatic amines is 1. The first kappa shape index (κ1) is 20.8. The van der Waals surface area contributed by atoms with Gasteiger partial charge in [-0.3, -0.25) is 14.7 Å². The molecule has 0 bridgehead atoms. The summed E-state index contributed by atoms with van der Waals surface area (Å²) >= 11 is 0. The topological polar surface area (TPSA) is 100 Å². The van der Waals surface area contributed by atoms with Crippen molar-refractivity contribution in [3.63, 3.8) is 0 Å². The van der Waals surface area contributed by atoms with E-state index in [0.717, 1.165) is 5.56 Å². The highest BCUT2D eigenvalue weighted by Crippen LogP contribution is 2.30. The Kier molecular flexibility index (Phi) is 6.51. The van der Waals surface area contributed by atoms with Gasteiger partial charge in [0.25, 0.3) is 5.91 Å². The Hall–Kier alpha value is -2.90. The van der Waals surface area contributed by atoms with E-state index in [2.05, 4.69) is 20.5 Å². The zero-order valence-corrected chi connectivity index (χ0v) is 17.4. The van der Waals surface area contributed by atoms with Gasteiger partial charge in [0.05, 0.1) is 6.04 Å². The molecule has 1 aliphatic rings. The fraction of sp³-hybridized carbons (Fsp3) is 0.524. The first-order chi connectivity index (χ1) is 13.8. The zero-order chi connectivity index (χ0) is 21.0. The molecule has 1 saturated heterocycles. The minimum atomic E-state index is -0.294. The van der Waals surface area contributed by atoms with Crippen molar-refractivity contribution < 1.29 is 14.3 Å². The number of nitrogens with one attached hydrogen (secondary N) is 2. The molecule has 2 amide bonds. The summed E-state index contributed by atoms with van der Waals surface area (Å²) in [6, 6.07) is 7.16. The Labute approximate surface area is 171 Å². The molecule has 0 saturated carbocycles. The molecule has 0 radical (unpaired) electrons. The van der Waals surface area contributed by atoms with E-state index in [1.165, 1.54) is 0 Å². The Morgan fingerprint density at radius 1 is 1.34 bits per heavy atom. The van der Waals surface area contributed by atoms with Crippen molar-refractivity contribution in [3.8, 4) is 5.75 Å². The summed E-state index contributed by atoms with van der Waals surface area (Å²) in [4.78, 5) is 31.2. The number of hydrogen-bond donors (Lipinski definition) is 2. The molecule has 1 fully saturated rings. The number of H-pyrrole nitrogens is 1. The molecule has 1 aromatic heterocycles. The van der Waals surface area contributed by atoms with Crippen LogP contribution in [0.2, 0.25) is 0 Å². The minimum absolute atomic E-state index is 0.000210. The Balaban J connectivity index is 1.68. The molecule has 8 heteroatoms. The van der Waals surface area contributed by atoms with Gasteiger partial charge in [-0.15, -0.1) is 0 Å². The van der Waals surface area contributed by atoms with Gasteiger partial charge in [-0.2, -0.15) is 5.10 Å². The smallest absolute Gasteiger partial charge is 0.261 e. The van der Waals surface area contributed by atoms with E-state index in [1.54, 1.807) is 4.90 Å². The second-order valence-corrected chi connectivity index (χ2v) is 8.04. The van der Waals surface area contributed by atoms with Crippen molar-refractivity contribution in [2.75, 3.05) is 13.2 Å². The summed E-state index contributed by atoms with van der Waals surface area (Å²) in [6.45, 7) is 8.15. The quantitative estimate of drug-likeness (QED) is 0.744. The Bertz CT molecular complexity index is 864. The van der Waals surface area contributed by atoms with Gasteiger partial charge >= 0.3 is 0 Å². The molecule has 29 heavy (non-hydrogen) atoms. The maximum Gasteiger partial charge on any atom is 0.261 e. The van der Waals surface area contributed by atoms with Crippen molar-refractivity contribution >= 4 is 11.8 Å². The number of rotatable bonds is 7. The van der Waals surface area contributed by atoms with E-state index in [-0.39, 0.29) is 36.4 Å². The van der Waals surface area contributed by atoms with E-state index in [9.17, 15) is 9.59 Å². The van der Waals surface area contributed by atoms with Crippen molar-refractivity contribution in [3.05, 3.63) is 41.5 Å². The second-order valence-electron chi connectivity index (χ2n) is 8.04. The highest BCUT2D eigenvalue weighted by molar-refractivity contribution is 5.79. The van der Waals surface area contributed by atoms with Gasteiger partial charge < -0.3 is 15.0 Å². The lowest BCUT2D eigenvalue weighted by Crippen LogP contribution is -2.40. The van der Waals surface area contributed by atoms with E-state index in [4.69, 9.17) is 4.74 Å². The summed E-state index contributed by atoms with van der Waals surface area (Å²) in [5.74, 6) is 2.04. The highest BCUT2D eigenvalue weighted by atomic mass is 16.5. The summed E-state index contributed by atoms with van der Waals surface area (Å²) in [5, 5.41) is 10.1. The van der Waals surface area contributed by atoms with E-state index < -0.39 is 0 Å². The van der Waals surface area contributed by atoms with Gasteiger partial charge in [0, 0.05) is 19.0 Å². The number of carbonyl (C=O) groups excluding carboxylic acids is 2. The van der Waals surface area contributed by atoms with Gasteiger partial charge in [0.15, 0.2) is 12.4 Å². The molecular formula is C21H29N5O3. The fourth-order valence-corrected chi connectivity index (χ4v) is 3.56. The van der Waals surface area contributed by atoms with Gasteiger partial charge in [-0.25, -0.2) is 4.98 Å². The number of aromatic nitrogens is 3. The number of aryl methyl sites for hydroxylation is 2. The predicted molar refractivity (Wildman–Crippen MR) is 108 cm³/mol. The van der Waals surface area contributed by atoms with Crippen LogP contribution in [-0.2, 0) is 9.59 Å². The SMILES string of the molecule is Cc1cccc(OCC(=O)N2C[C@@H](NC(=O)CC(C)C)C[C@H]2c2n[nH]c(C)n2)c1. The largest absolute Gasteiger partial charge is 0.484 e. The average Bonchev–Trinajstić information content (AvgIpc) is 3.25. The molecule has 1 aliphatic heterocycles. The van der Waals surface area contributed by atoms with Gasteiger partial charge in [-0.05, 0) is 43.9 Å². The van der Waals surface area contributed by atoms with Crippen molar-refractivity contribution in [1.82, 2.24) is 25.4 Å². The molecule has 2 N–H and O–H groups in total. The van der Waals surface area contributed by atoms with Crippen molar-refractivity contribution in [2.24, 2.45) is 5.92 Å². The molecule has 3 rings (SSSR count). The highest BCUT2D eigenvalue weighted by Gasteiger charge is 2.39. The molecule has 156 valence electrons. The number of ether oxygens (including phenoxy) is 1. The number of hydrogen-bond acceptors (Lipinski definition) is 5. The number of amides is 2. The maximum absolute atomic E-state index is 12.9. The molecule has 2 atom stereocenters. The summed E-state index contributed by atoms with van der Waals surface area (Å²) < 4.78 is 5.69. The number of likely N-dealkylation sites (tertiary alicyclic amines) is 1. The molecule has 2 aromatic rings. The lowest BCUT2D eigenvalue weighted by molar-refractivity contribution is -0.134. The van der Waals surface area contributed by atoms with Crippen molar-refractivity contribution in [1.29, 1.82) is 0 Å². The van der Waals surface area contributed by atoms with Crippen LogP contribution in [0.1, 0.15) is 49.9 Å². The third kappa shape index (κ3) is 5.56. The van der Waals surface area contributed by atoms with Gasteiger partial charge in [-0.1, -0.05) is 26.0 Å². The standard InChI is InChI=1S/C21H29N5O3/c1-13(2)8-19(27)23-16-10-18(21-22-15(4)24-25-21)26(11-16)20(28)12-29-17-7-5-6-14(3)9-17/h5-7,9,13,16,18H,8,10-12H2,1-4H3,(H,23,27)(H,22,24,25)/t16-,18-/m0/s1. The fourth-order valence-electron chi connectivity index (χ4n) is 3.56. The third-order valence-electron chi connectivity index (χ3n) is 4.84. The summed E-state index contributed by atoms with van der Waals surface area (Å²) in [5.41, 5.74) is 1.07. The van der Waals surface area contributed by atoms with Crippen LogP contribution in [0.5, 0.6) is 5.75 Å². The molecule has 0 aliphatic carbocycles. The van der Waals surface area contributed by atoms with Crippen LogP contribution in [0.4, 0.5) is 0 Å². The molecule has 1 aromatic carbocycles. The predicted octanol–water partition coefficient (Wildman–Crippen LogP) is 2.30. The van der Waals surface area contributed by atoms with E-state index >= 15 is 0 Å². The van der Waals surface area contributed by atoms with E-state index in [0.29, 0.717) is 36.8 Å². The zero-order valence-electron chi connectivity index (χ0n) is 17.4. The van der Waals surface area contributed by atoms with Gasteiger partial charge in [0.2, 0.25) is 5.91 Å². The number of carbonyl (C=O) groups is 2. The molecule has 0 unspecified atom stereocenters. The van der Waals surface area contributed by atoms with Crippen LogP contribution in [0.15, 0.2) is 24.3 Å². The van der Waals surface area contributed by atoms with Crippen LogP contribution in [0.3, 0.4) is 0 Å².